The lowest BCUT2D eigenvalue weighted by Crippen LogP contribution is -2.51. The van der Waals surface area contributed by atoms with Crippen molar-refractivity contribution in [2.75, 3.05) is 25.6 Å². The molecule has 3 aromatic rings. The summed E-state index contributed by atoms with van der Waals surface area (Å²) in [6, 6.07) is 19.4. The number of nitro groups is 1. The first-order chi connectivity index (χ1) is 19.3. The van der Waals surface area contributed by atoms with Gasteiger partial charge in [-0.15, -0.1) is 0 Å². The van der Waals surface area contributed by atoms with E-state index in [-0.39, 0.29) is 23.1 Å². The second kappa shape index (κ2) is 11.6. The molecule has 2 bridgehead atoms. The van der Waals surface area contributed by atoms with Crippen molar-refractivity contribution < 1.29 is 23.9 Å². The van der Waals surface area contributed by atoms with Gasteiger partial charge < -0.3 is 19.1 Å². The Labute approximate surface area is 234 Å². The Hall–Kier alpha value is -4.11. The molecule has 2 saturated heterocycles. The van der Waals surface area contributed by atoms with Gasteiger partial charge in [0.2, 0.25) is 0 Å². The lowest BCUT2D eigenvalue weighted by atomic mass is 10.0. The van der Waals surface area contributed by atoms with Crippen molar-refractivity contribution in [3.8, 4) is 23.0 Å². The van der Waals surface area contributed by atoms with Crippen LogP contribution in [0.15, 0.2) is 66.7 Å². The fraction of sp³-hybridized carbons (Fsp3) is 0.387. The molecule has 3 aromatic carbocycles. The number of fused-ring (bicyclic) bond motifs is 2. The summed E-state index contributed by atoms with van der Waals surface area (Å²) in [4.78, 5) is 28.2. The highest BCUT2D eigenvalue weighted by Crippen LogP contribution is 2.44. The highest BCUT2D eigenvalue weighted by atomic mass is 16.6. The topological polar surface area (TPSA) is 94.4 Å². The molecule has 210 valence electrons. The minimum absolute atomic E-state index is 0.0824. The minimum Gasteiger partial charge on any atom is -0.493 e. The fourth-order valence-electron chi connectivity index (χ4n) is 5.81. The van der Waals surface area contributed by atoms with Crippen LogP contribution in [0.4, 0.5) is 11.4 Å². The molecule has 0 saturated carbocycles. The number of non-ortho nitro benzene ring substituents is 1. The average molecular weight is 546 g/mol. The van der Waals surface area contributed by atoms with Crippen molar-refractivity contribution in [1.29, 1.82) is 0 Å². The van der Waals surface area contributed by atoms with Crippen LogP contribution in [0.3, 0.4) is 0 Å². The second-order valence-corrected chi connectivity index (χ2v) is 10.4. The number of piperidine rings is 1. The van der Waals surface area contributed by atoms with Crippen LogP contribution in [0, 0.1) is 10.1 Å². The molecule has 5 rings (SSSR count). The zero-order valence-electron chi connectivity index (χ0n) is 23.2. The third-order valence-corrected chi connectivity index (χ3v) is 8.00. The molecule has 2 aliphatic heterocycles. The molecule has 2 unspecified atom stereocenters. The molecular weight excluding hydrogens is 510 g/mol. The molecule has 0 spiro atoms. The summed E-state index contributed by atoms with van der Waals surface area (Å²) >= 11 is 0. The second-order valence-electron chi connectivity index (χ2n) is 10.4. The molecule has 2 fully saturated rings. The normalized spacial score (nSPS) is 20.1. The molecule has 2 heterocycles. The number of carbonyl (C=O) groups is 1. The van der Waals surface area contributed by atoms with E-state index < -0.39 is 4.92 Å². The predicted octanol–water partition coefficient (Wildman–Crippen LogP) is 6.81. The molecule has 0 N–H and O–H groups in total. The maximum atomic E-state index is 13.5. The van der Waals surface area contributed by atoms with Crippen LogP contribution in [0.5, 0.6) is 23.0 Å². The summed E-state index contributed by atoms with van der Waals surface area (Å²) < 4.78 is 17.7. The number of benzene rings is 3. The number of amides is 1. The van der Waals surface area contributed by atoms with Crippen LogP contribution in [0.1, 0.15) is 55.8 Å². The van der Waals surface area contributed by atoms with E-state index in [4.69, 9.17) is 14.2 Å². The lowest BCUT2D eigenvalue weighted by molar-refractivity contribution is -0.384. The number of anilines is 1. The van der Waals surface area contributed by atoms with E-state index in [1.54, 1.807) is 17.0 Å². The van der Waals surface area contributed by atoms with E-state index in [9.17, 15) is 14.9 Å². The SMILES string of the molecule is CCCN(C(=O)c1ccc(OC23CCCC(CC2)N3C)cc1)c1ccc(Oc2ccc([N+](=O)[O-])cc2OC)cc1. The third-order valence-electron chi connectivity index (χ3n) is 8.00. The Kier molecular flexibility index (Phi) is 7.93. The Morgan fingerprint density at radius 3 is 2.42 bits per heavy atom. The molecule has 2 atom stereocenters. The minimum atomic E-state index is -0.486. The van der Waals surface area contributed by atoms with Crippen LogP contribution in [0.2, 0.25) is 0 Å². The van der Waals surface area contributed by atoms with Gasteiger partial charge in [-0.2, -0.15) is 0 Å². The van der Waals surface area contributed by atoms with Gasteiger partial charge in [0.15, 0.2) is 17.2 Å². The van der Waals surface area contributed by atoms with Gasteiger partial charge in [-0.05, 0) is 87.3 Å². The first-order valence-corrected chi connectivity index (χ1v) is 13.8. The van der Waals surface area contributed by atoms with Gasteiger partial charge in [0, 0.05) is 42.7 Å². The summed E-state index contributed by atoms with van der Waals surface area (Å²) in [5.74, 6) is 1.83. The maximum absolute atomic E-state index is 13.5. The van der Waals surface area contributed by atoms with E-state index in [2.05, 4.69) is 11.9 Å². The highest BCUT2D eigenvalue weighted by Gasteiger charge is 2.48. The van der Waals surface area contributed by atoms with Crippen LogP contribution in [0.25, 0.3) is 0 Å². The van der Waals surface area contributed by atoms with Crippen LogP contribution in [-0.2, 0) is 0 Å². The summed E-state index contributed by atoms with van der Waals surface area (Å²) in [7, 11) is 3.59. The number of carbonyl (C=O) groups excluding carboxylic acids is 1. The number of methoxy groups -OCH3 is 1. The molecule has 2 aliphatic rings. The van der Waals surface area contributed by atoms with Crippen LogP contribution >= 0.6 is 0 Å². The molecule has 0 aliphatic carbocycles. The molecule has 0 aromatic heterocycles. The van der Waals surface area contributed by atoms with Gasteiger partial charge in [-0.1, -0.05) is 6.92 Å². The van der Waals surface area contributed by atoms with Crippen LogP contribution in [-0.4, -0.2) is 48.2 Å². The van der Waals surface area contributed by atoms with E-state index in [0.29, 0.717) is 29.6 Å². The van der Waals surface area contributed by atoms with E-state index in [0.717, 1.165) is 30.7 Å². The summed E-state index contributed by atoms with van der Waals surface area (Å²) in [5.41, 5.74) is 1.02. The Morgan fingerprint density at radius 2 is 1.75 bits per heavy atom. The van der Waals surface area contributed by atoms with E-state index in [1.165, 1.54) is 44.6 Å². The summed E-state index contributed by atoms with van der Waals surface area (Å²) in [6.07, 6.45) is 6.45. The van der Waals surface area contributed by atoms with E-state index in [1.807, 2.05) is 43.3 Å². The van der Waals surface area contributed by atoms with Crippen molar-refractivity contribution in [1.82, 2.24) is 4.90 Å². The quantitative estimate of drug-likeness (QED) is 0.204. The number of hydrogen-bond donors (Lipinski definition) is 0. The standard InChI is InChI=1S/C31H35N3O6/c1-4-20-33(24-9-14-26(15-10-24)39-28-16-11-25(34(36)37)21-29(28)38-3)30(35)22-7-12-27(13-8-22)40-31-18-5-6-23(17-19-31)32(31)2/h7-16,21,23H,4-6,17-20H2,1-3H3. The molecule has 9 heteroatoms. The van der Waals surface area contributed by atoms with Gasteiger partial charge in [-0.25, -0.2) is 0 Å². The van der Waals surface area contributed by atoms with Gasteiger partial charge >= 0.3 is 0 Å². The largest absolute Gasteiger partial charge is 0.493 e. The van der Waals surface area contributed by atoms with Gasteiger partial charge in [0.25, 0.3) is 11.6 Å². The fourth-order valence-corrected chi connectivity index (χ4v) is 5.81. The molecular formula is C31H35N3O6. The summed E-state index contributed by atoms with van der Waals surface area (Å²) in [5, 5.41) is 11.1. The third kappa shape index (κ3) is 5.47. The number of hydrogen-bond acceptors (Lipinski definition) is 7. The number of ether oxygens (including phenoxy) is 3. The zero-order chi connectivity index (χ0) is 28.3. The van der Waals surface area contributed by atoms with Gasteiger partial charge in [0.05, 0.1) is 18.1 Å². The Morgan fingerprint density at radius 1 is 1.02 bits per heavy atom. The van der Waals surface area contributed by atoms with Crippen LogP contribution < -0.4 is 19.1 Å². The number of nitrogens with zero attached hydrogens (tertiary/aromatic N) is 3. The zero-order valence-corrected chi connectivity index (χ0v) is 23.2. The van der Waals surface area contributed by atoms with Crippen molar-refractivity contribution in [2.24, 2.45) is 0 Å². The van der Waals surface area contributed by atoms with Gasteiger partial charge in [0.1, 0.15) is 11.5 Å². The molecule has 0 radical (unpaired) electrons. The lowest BCUT2D eigenvalue weighted by Gasteiger charge is -2.42. The first-order valence-electron chi connectivity index (χ1n) is 13.8. The number of rotatable bonds is 10. The Bertz CT molecular complexity index is 1360. The predicted molar refractivity (Wildman–Crippen MR) is 153 cm³/mol. The van der Waals surface area contributed by atoms with Crippen molar-refractivity contribution in [2.45, 2.75) is 57.2 Å². The van der Waals surface area contributed by atoms with Crippen molar-refractivity contribution >= 4 is 17.3 Å². The Balaban J connectivity index is 1.28. The summed E-state index contributed by atoms with van der Waals surface area (Å²) in [6.45, 7) is 2.59. The highest BCUT2D eigenvalue weighted by molar-refractivity contribution is 6.06. The monoisotopic (exact) mass is 545 g/mol. The van der Waals surface area contributed by atoms with Crippen molar-refractivity contribution in [3.05, 3.63) is 82.4 Å². The molecule has 9 nitrogen and oxygen atoms in total. The first kappa shape index (κ1) is 27.5. The number of nitro benzene ring substituents is 1. The molecule has 1 amide bonds. The van der Waals surface area contributed by atoms with Crippen molar-refractivity contribution in [3.63, 3.8) is 0 Å². The van der Waals surface area contributed by atoms with E-state index >= 15 is 0 Å². The average Bonchev–Trinajstić information content (AvgIpc) is 3.12. The maximum Gasteiger partial charge on any atom is 0.273 e. The molecule has 40 heavy (non-hydrogen) atoms. The van der Waals surface area contributed by atoms with Gasteiger partial charge in [-0.3, -0.25) is 19.8 Å². The smallest absolute Gasteiger partial charge is 0.273 e.